The van der Waals surface area contributed by atoms with Crippen LogP contribution in [0.5, 0.6) is 5.75 Å². The summed E-state index contributed by atoms with van der Waals surface area (Å²) in [6.07, 6.45) is 13.8. The third-order valence-corrected chi connectivity index (χ3v) is 12.3. The fraction of sp³-hybridized carbons (Fsp3) is 0.361. The lowest BCUT2D eigenvalue weighted by molar-refractivity contribution is -0.157. The van der Waals surface area contributed by atoms with Gasteiger partial charge in [0.2, 0.25) is 0 Å². The lowest BCUT2D eigenvalue weighted by Crippen LogP contribution is -2.27. The molecule has 0 radical (unpaired) electrons. The van der Waals surface area contributed by atoms with Crippen LogP contribution in [0.2, 0.25) is 0 Å². The second kappa shape index (κ2) is 16.2. The van der Waals surface area contributed by atoms with Gasteiger partial charge in [-0.05, 0) is 104 Å². The standard InChI is InChI=1S/C36H44N2O6S2/c1-5-6-7-8-9-10-15-29-16-11-12-19-34(29)46(40,41)44-45(32-17-13-24-37-26-32,33-18-14-25-38-27-33)31-22-20-30(21-23-31)42-28-35(39)43-36(2,3)4/h11-14,16-27H,5-10,15,28H2,1-4H3. The fourth-order valence-electron chi connectivity index (χ4n) is 5.02. The number of hydrogen-bond acceptors (Lipinski definition) is 8. The average Bonchev–Trinajstić information content (AvgIpc) is 3.05. The van der Waals surface area contributed by atoms with Crippen molar-refractivity contribution in [2.24, 2.45) is 0 Å². The van der Waals surface area contributed by atoms with Crippen LogP contribution >= 0.6 is 10.3 Å². The lowest BCUT2D eigenvalue weighted by Gasteiger charge is -2.38. The number of carbonyl (C=O) groups excluding carboxylic acids is 1. The van der Waals surface area contributed by atoms with Gasteiger partial charge in [-0.3, -0.25) is 9.97 Å². The first kappa shape index (κ1) is 35.1. The van der Waals surface area contributed by atoms with Gasteiger partial charge in [0.1, 0.15) is 11.4 Å². The van der Waals surface area contributed by atoms with Crippen LogP contribution in [-0.2, 0) is 29.7 Å². The normalized spacial score (nSPS) is 12.4. The van der Waals surface area contributed by atoms with Gasteiger partial charge < -0.3 is 9.47 Å². The Morgan fingerprint density at radius 3 is 1.93 bits per heavy atom. The molecule has 8 nitrogen and oxygen atoms in total. The molecule has 10 heteroatoms. The van der Waals surface area contributed by atoms with Gasteiger partial charge in [0.25, 0.3) is 0 Å². The molecule has 246 valence electrons. The summed E-state index contributed by atoms with van der Waals surface area (Å²) in [5.41, 5.74) is 0.103. The van der Waals surface area contributed by atoms with Crippen molar-refractivity contribution in [2.75, 3.05) is 6.61 Å². The van der Waals surface area contributed by atoms with Crippen molar-refractivity contribution in [2.45, 2.75) is 97.8 Å². The summed E-state index contributed by atoms with van der Waals surface area (Å²) in [7, 11) is -7.23. The van der Waals surface area contributed by atoms with Crippen molar-refractivity contribution < 1.29 is 26.3 Å². The van der Waals surface area contributed by atoms with E-state index >= 15 is 0 Å². The molecule has 2 aromatic carbocycles. The second-order valence-electron chi connectivity index (χ2n) is 11.9. The number of nitrogens with zero attached hydrogens (tertiary/aromatic N) is 2. The molecule has 4 aromatic rings. The highest BCUT2D eigenvalue weighted by atomic mass is 32.3. The van der Waals surface area contributed by atoms with E-state index in [2.05, 4.69) is 16.9 Å². The molecule has 0 aliphatic heterocycles. The predicted molar refractivity (Wildman–Crippen MR) is 180 cm³/mol. The largest absolute Gasteiger partial charge is 0.482 e. The fourth-order valence-corrected chi connectivity index (χ4v) is 10.4. The highest BCUT2D eigenvalue weighted by Gasteiger charge is 2.39. The van der Waals surface area contributed by atoms with Crippen molar-refractivity contribution in [3.8, 4) is 5.75 Å². The van der Waals surface area contributed by atoms with E-state index in [1.807, 2.05) is 24.3 Å². The van der Waals surface area contributed by atoms with Gasteiger partial charge in [0.05, 0.1) is 4.90 Å². The van der Waals surface area contributed by atoms with Crippen LogP contribution in [-0.4, -0.2) is 36.6 Å². The Labute approximate surface area is 275 Å². The number of benzene rings is 2. The molecule has 0 N–H and O–H groups in total. The molecule has 0 aliphatic carbocycles. The van der Waals surface area contributed by atoms with Crippen LogP contribution in [0.25, 0.3) is 0 Å². The lowest BCUT2D eigenvalue weighted by atomic mass is 10.1. The second-order valence-corrected chi connectivity index (χ2v) is 16.3. The first-order valence-corrected chi connectivity index (χ1v) is 18.6. The van der Waals surface area contributed by atoms with E-state index in [0.29, 0.717) is 26.9 Å². The van der Waals surface area contributed by atoms with Gasteiger partial charge in [-0.1, -0.05) is 57.2 Å². The summed E-state index contributed by atoms with van der Waals surface area (Å²) < 4.78 is 46.4. The van der Waals surface area contributed by atoms with Crippen molar-refractivity contribution in [1.29, 1.82) is 0 Å². The van der Waals surface area contributed by atoms with Gasteiger partial charge in [0.15, 0.2) is 6.61 Å². The minimum absolute atomic E-state index is 0.158. The number of aromatic nitrogens is 2. The molecule has 2 heterocycles. The number of rotatable bonds is 16. The molecule has 0 unspecified atom stereocenters. The number of unbranched alkanes of at least 4 members (excludes halogenated alkanes) is 5. The maximum absolute atomic E-state index is 14.4. The molecule has 0 saturated heterocycles. The SMILES string of the molecule is CCCCCCCCc1ccccc1S(=O)(=O)OS(c1ccc(OCC(=O)OC(C)(C)C)cc1)(c1cccnc1)c1cccnc1. The number of ether oxygens (including phenoxy) is 2. The molecule has 0 amide bonds. The molecule has 46 heavy (non-hydrogen) atoms. The quantitative estimate of drug-likeness (QED) is 0.0865. The van der Waals surface area contributed by atoms with Crippen molar-refractivity contribution >= 4 is 26.4 Å². The van der Waals surface area contributed by atoms with Crippen molar-refractivity contribution in [1.82, 2.24) is 9.97 Å². The summed E-state index contributed by atoms with van der Waals surface area (Å²) in [6.45, 7) is 7.30. The van der Waals surface area contributed by atoms with Crippen LogP contribution in [0.15, 0.2) is 117 Å². The molecule has 2 aromatic heterocycles. The van der Waals surface area contributed by atoms with Crippen LogP contribution < -0.4 is 4.74 Å². The molecule has 0 saturated carbocycles. The highest BCUT2D eigenvalue weighted by molar-refractivity contribution is 8.33. The number of carbonyl (C=O) groups is 1. The third kappa shape index (κ3) is 9.40. The Morgan fingerprint density at radius 1 is 0.739 bits per heavy atom. The van der Waals surface area contributed by atoms with Gasteiger partial charge in [-0.15, -0.1) is 0 Å². The molecule has 0 aliphatic rings. The number of esters is 1. The molecule has 0 fully saturated rings. The van der Waals surface area contributed by atoms with E-state index in [1.165, 1.54) is 19.3 Å². The summed E-state index contributed by atoms with van der Waals surface area (Å²) in [6, 6.07) is 21.1. The summed E-state index contributed by atoms with van der Waals surface area (Å²) >= 11 is 0. The molecule has 0 bridgehead atoms. The minimum atomic E-state index is -4.30. The smallest absolute Gasteiger partial charge is 0.344 e. The molecular formula is C36H44N2O6S2. The molecular weight excluding hydrogens is 621 g/mol. The number of hydrogen-bond donors (Lipinski definition) is 0. The molecule has 4 rings (SSSR count). The van der Waals surface area contributed by atoms with E-state index in [0.717, 1.165) is 24.8 Å². The van der Waals surface area contributed by atoms with Crippen LogP contribution in [0.4, 0.5) is 0 Å². The topological polar surface area (TPSA) is 105 Å². The van der Waals surface area contributed by atoms with Gasteiger partial charge in [-0.25, -0.2) is 8.42 Å². The minimum Gasteiger partial charge on any atom is -0.482 e. The average molecular weight is 665 g/mol. The van der Waals surface area contributed by atoms with Gasteiger partial charge in [0, 0.05) is 39.5 Å². The molecule has 0 atom stereocenters. The Kier molecular flexibility index (Phi) is 12.4. The van der Waals surface area contributed by atoms with Crippen molar-refractivity contribution in [3.63, 3.8) is 0 Å². The first-order valence-electron chi connectivity index (χ1n) is 15.7. The van der Waals surface area contributed by atoms with Gasteiger partial charge in [-0.2, -0.15) is 8.42 Å². The number of aryl methyl sites for hydroxylation is 1. The molecule has 0 spiro atoms. The van der Waals surface area contributed by atoms with E-state index < -0.39 is 32.0 Å². The zero-order valence-corrected chi connectivity index (χ0v) is 28.7. The Bertz CT molecular complexity index is 1600. The maximum atomic E-state index is 14.4. The van der Waals surface area contributed by atoms with Crippen LogP contribution in [0.1, 0.15) is 71.8 Å². The number of pyridine rings is 2. The Morgan fingerprint density at radius 2 is 1.35 bits per heavy atom. The van der Waals surface area contributed by atoms with Crippen LogP contribution in [0, 0.1) is 0 Å². The van der Waals surface area contributed by atoms with E-state index in [9.17, 15) is 13.2 Å². The zero-order chi connectivity index (χ0) is 33.0. The van der Waals surface area contributed by atoms with E-state index in [-0.39, 0.29) is 11.5 Å². The maximum Gasteiger partial charge on any atom is 0.344 e. The monoisotopic (exact) mass is 664 g/mol. The summed E-state index contributed by atoms with van der Waals surface area (Å²) in [4.78, 5) is 22.8. The van der Waals surface area contributed by atoms with Crippen LogP contribution in [0.3, 0.4) is 0 Å². The summed E-state index contributed by atoms with van der Waals surface area (Å²) in [5.74, 6) is -0.0660. The van der Waals surface area contributed by atoms with Gasteiger partial charge >= 0.3 is 16.1 Å². The Balaban J connectivity index is 1.72. The van der Waals surface area contributed by atoms with Crippen molar-refractivity contribution in [3.05, 3.63) is 103 Å². The zero-order valence-electron chi connectivity index (χ0n) is 27.1. The first-order chi connectivity index (χ1) is 22.0. The Hall–Kier alpha value is -3.73. The predicted octanol–water partition coefficient (Wildman–Crippen LogP) is 8.70. The van der Waals surface area contributed by atoms with E-state index in [1.54, 1.807) is 94.1 Å². The third-order valence-electron chi connectivity index (χ3n) is 7.10. The van der Waals surface area contributed by atoms with E-state index in [4.69, 9.17) is 13.1 Å². The highest BCUT2D eigenvalue weighted by Crippen LogP contribution is 2.70. The summed E-state index contributed by atoms with van der Waals surface area (Å²) in [5, 5.41) is 0.